The summed E-state index contributed by atoms with van der Waals surface area (Å²) in [5.41, 5.74) is 0.764. The summed E-state index contributed by atoms with van der Waals surface area (Å²) in [4.78, 5) is 53.0. The number of amides is 3. The molecule has 2 fully saturated rings. The van der Waals surface area contributed by atoms with Gasteiger partial charge in [0.2, 0.25) is 11.8 Å². The van der Waals surface area contributed by atoms with Gasteiger partial charge in [0.05, 0.1) is 25.6 Å². The van der Waals surface area contributed by atoms with Gasteiger partial charge in [0.15, 0.2) is 0 Å². The monoisotopic (exact) mass is 518 g/mol. The molecule has 5 N–H and O–H groups in total. The minimum absolute atomic E-state index is 0.00719. The molecule has 2 aliphatic rings. The Morgan fingerprint density at radius 1 is 1.27 bits per heavy atom. The third-order valence-electron chi connectivity index (χ3n) is 5.96. The van der Waals surface area contributed by atoms with Crippen molar-refractivity contribution in [1.82, 2.24) is 20.4 Å². The molecule has 37 heavy (non-hydrogen) atoms. The summed E-state index contributed by atoms with van der Waals surface area (Å²) in [5.74, 6) is 3.17. The fourth-order valence-electron chi connectivity index (χ4n) is 3.93. The highest BCUT2D eigenvalue weighted by Gasteiger charge is 2.37. The number of hydrogen-bond acceptors (Lipinski definition) is 8. The number of ether oxygens (including phenoxy) is 2. The van der Waals surface area contributed by atoms with E-state index in [1.165, 1.54) is 11.2 Å². The summed E-state index contributed by atoms with van der Waals surface area (Å²) in [6.07, 6.45) is 1.26. The Labute approximate surface area is 214 Å². The van der Waals surface area contributed by atoms with Crippen molar-refractivity contribution in [2.75, 3.05) is 32.8 Å². The summed E-state index contributed by atoms with van der Waals surface area (Å²) >= 11 is 0. The SMILES string of the molecule is NN=CN1CCO[C@@H](CNC(=O)CC(NC(=O)OCc2ccccc2)C(=O)N(CCC(=O)O)C2CC2)C1. The van der Waals surface area contributed by atoms with Gasteiger partial charge in [0.25, 0.3) is 0 Å². The highest BCUT2D eigenvalue weighted by atomic mass is 16.5. The van der Waals surface area contributed by atoms with Crippen LogP contribution in [0.25, 0.3) is 0 Å². The van der Waals surface area contributed by atoms with Gasteiger partial charge in [-0.3, -0.25) is 14.4 Å². The Kier molecular flexibility index (Phi) is 10.5. The van der Waals surface area contributed by atoms with Crippen LogP contribution in [-0.2, 0) is 30.5 Å². The quantitative estimate of drug-likeness (QED) is 0.120. The standard InChI is InChI=1S/C24H34N6O7/c25-27-16-29-10-11-36-19(14-29)13-26-21(31)12-20(23(34)30(18-6-7-18)9-8-22(32)33)28-24(35)37-15-17-4-2-1-3-5-17/h1-5,16,18-20H,6-15,25H2,(H,26,31)(H,28,35)(H,32,33)/t19-,20?/m0/s1. The number of nitrogens with one attached hydrogen (secondary N) is 2. The number of alkyl carbamates (subject to hydrolysis) is 1. The molecule has 3 amide bonds. The van der Waals surface area contributed by atoms with Crippen LogP contribution in [0.15, 0.2) is 35.4 Å². The van der Waals surface area contributed by atoms with E-state index in [-0.39, 0.29) is 44.7 Å². The van der Waals surface area contributed by atoms with Gasteiger partial charge in [-0.15, -0.1) is 0 Å². The summed E-state index contributed by atoms with van der Waals surface area (Å²) in [6.45, 7) is 1.74. The molecule has 1 unspecified atom stereocenters. The predicted octanol–water partition coefficient (Wildman–Crippen LogP) is -0.144. The van der Waals surface area contributed by atoms with E-state index < -0.39 is 29.9 Å². The molecule has 0 spiro atoms. The summed E-state index contributed by atoms with van der Waals surface area (Å²) in [5, 5.41) is 17.8. The van der Waals surface area contributed by atoms with Gasteiger partial charge in [-0.2, -0.15) is 5.10 Å². The molecule has 1 aromatic carbocycles. The number of rotatable bonds is 13. The average molecular weight is 519 g/mol. The Bertz CT molecular complexity index is 956. The number of hydrazone groups is 1. The second-order valence-corrected chi connectivity index (χ2v) is 8.93. The average Bonchev–Trinajstić information content (AvgIpc) is 3.72. The molecule has 0 aromatic heterocycles. The zero-order valence-corrected chi connectivity index (χ0v) is 20.6. The smallest absolute Gasteiger partial charge is 0.408 e. The van der Waals surface area contributed by atoms with E-state index in [4.69, 9.17) is 20.4 Å². The first-order valence-electron chi connectivity index (χ1n) is 12.2. The van der Waals surface area contributed by atoms with Gasteiger partial charge in [0.1, 0.15) is 19.0 Å². The molecule has 1 aliphatic carbocycles. The van der Waals surface area contributed by atoms with Crippen LogP contribution in [0, 0.1) is 0 Å². The van der Waals surface area contributed by atoms with Gasteiger partial charge in [-0.1, -0.05) is 30.3 Å². The number of aliphatic carboxylic acids is 1. The van der Waals surface area contributed by atoms with Crippen LogP contribution in [0.2, 0.25) is 0 Å². The van der Waals surface area contributed by atoms with Gasteiger partial charge in [-0.25, -0.2) is 4.79 Å². The Morgan fingerprint density at radius 2 is 2.03 bits per heavy atom. The van der Waals surface area contributed by atoms with Crippen LogP contribution in [-0.4, -0.2) is 96.1 Å². The Balaban J connectivity index is 1.60. The van der Waals surface area contributed by atoms with Gasteiger partial charge >= 0.3 is 12.1 Å². The highest BCUT2D eigenvalue weighted by Crippen LogP contribution is 2.28. The van der Waals surface area contributed by atoms with E-state index in [9.17, 15) is 19.2 Å². The van der Waals surface area contributed by atoms with Crippen molar-refractivity contribution in [1.29, 1.82) is 0 Å². The number of morpholine rings is 1. The van der Waals surface area contributed by atoms with E-state index in [0.717, 1.165) is 18.4 Å². The second-order valence-electron chi connectivity index (χ2n) is 8.93. The van der Waals surface area contributed by atoms with Crippen molar-refractivity contribution >= 4 is 30.2 Å². The van der Waals surface area contributed by atoms with Crippen molar-refractivity contribution < 1.29 is 33.8 Å². The number of benzene rings is 1. The van der Waals surface area contributed by atoms with Gasteiger partial charge in [-0.05, 0) is 18.4 Å². The molecule has 13 nitrogen and oxygen atoms in total. The number of carboxylic acid groups (broad SMARTS) is 1. The van der Waals surface area contributed by atoms with Crippen molar-refractivity contribution in [2.45, 2.75) is 50.5 Å². The lowest BCUT2D eigenvalue weighted by Crippen LogP contribution is -2.52. The highest BCUT2D eigenvalue weighted by molar-refractivity contribution is 5.91. The molecule has 202 valence electrons. The molecule has 3 rings (SSSR count). The van der Waals surface area contributed by atoms with Crippen molar-refractivity contribution in [3.63, 3.8) is 0 Å². The summed E-state index contributed by atoms with van der Waals surface area (Å²) in [6, 6.07) is 7.71. The first kappa shape index (κ1) is 27.7. The molecule has 1 heterocycles. The third-order valence-corrected chi connectivity index (χ3v) is 5.96. The zero-order chi connectivity index (χ0) is 26.6. The van der Waals surface area contributed by atoms with Gasteiger partial charge < -0.3 is 40.9 Å². The van der Waals surface area contributed by atoms with Crippen LogP contribution in [0.1, 0.15) is 31.2 Å². The van der Waals surface area contributed by atoms with Crippen molar-refractivity contribution in [2.24, 2.45) is 10.9 Å². The van der Waals surface area contributed by atoms with Crippen LogP contribution in [0.4, 0.5) is 4.79 Å². The molecular formula is C24H34N6O7. The fourth-order valence-corrected chi connectivity index (χ4v) is 3.93. The predicted molar refractivity (Wildman–Crippen MR) is 132 cm³/mol. The largest absolute Gasteiger partial charge is 0.481 e. The molecular weight excluding hydrogens is 484 g/mol. The second kappa shape index (κ2) is 14.0. The third kappa shape index (κ3) is 9.60. The zero-order valence-electron chi connectivity index (χ0n) is 20.6. The Morgan fingerprint density at radius 3 is 2.70 bits per heavy atom. The van der Waals surface area contributed by atoms with Crippen molar-refractivity contribution in [3.05, 3.63) is 35.9 Å². The number of carbonyl (C=O) groups is 4. The number of carboxylic acids is 1. The van der Waals surface area contributed by atoms with Crippen LogP contribution >= 0.6 is 0 Å². The fraction of sp³-hybridized carbons (Fsp3) is 0.542. The molecule has 0 radical (unpaired) electrons. The van der Waals surface area contributed by atoms with Gasteiger partial charge in [0, 0.05) is 32.2 Å². The molecule has 1 saturated carbocycles. The molecule has 1 aliphatic heterocycles. The number of carbonyl (C=O) groups excluding carboxylic acids is 3. The van der Waals surface area contributed by atoms with E-state index in [2.05, 4.69) is 15.7 Å². The summed E-state index contributed by atoms with van der Waals surface area (Å²) in [7, 11) is 0. The van der Waals surface area contributed by atoms with E-state index >= 15 is 0 Å². The number of nitrogens with zero attached hydrogens (tertiary/aromatic N) is 3. The lowest BCUT2D eigenvalue weighted by molar-refractivity contribution is -0.140. The maximum absolute atomic E-state index is 13.3. The topological polar surface area (TPSA) is 176 Å². The van der Waals surface area contributed by atoms with Crippen LogP contribution < -0.4 is 16.5 Å². The maximum Gasteiger partial charge on any atom is 0.408 e. The maximum atomic E-state index is 13.3. The Hall–Kier alpha value is -3.87. The lowest BCUT2D eigenvalue weighted by atomic mass is 10.1. The minimum Gasteiger partial charge on any atom is -0.481 e. The first-order valence-corrected chi connectivity index (χ1v) is 12.2. The molecule has 0 bridgehead atoms. The minimum atomic E-state index is -1.22. The molecule has 13 heteroatoms. The van der Waals surface area contributed by atoms with Crippen LogP contribution in [0.3, 0.4) is 0 Å². The number of nitrogens with two attached hydrogens (primary N) is 1. The number of hydrogen-bond donors (Lipinski definition) is 4. The van der Waals surface area contributed by atoms with E-state index in [0.29, 0.717) is 19.7 Å². The normalized spacial score (nSPS) is 18.2. The molecule has 1 saturated heterocycles. The van der Waals surface area contributed by atoms with E-state index in [1.54, 1.807) is 24.3 Å². The molecule has 1 aromatic rings. The van der Waals surface area contributed by atoms with E-state index in [1.807, 2.05) is 11.0 Å². The van der Waals surface area contributed by atoms with Crippen LogP contribution in [0.5, 0.6) is 0 Å². The summed E-state index contributed by atoms with van der Waals surface area (Å²) < 4.78 is 10.9. The van der Waals surface area contributed by atoms with Crippen molar-refractivity contribution in [3.8, 4) is 0 Å². The first-order chi connectivity index (χ1) is 17.9. The lowest BCUT2D eigenvalue weighted by Gasteiger charge is -2.31. The molecule has 2 atom stereocenters.